The van der Waals surface area contributed by atoms with Crippen molar-refractivity contribution in [2.45, 2.75) is 58.3 Å². The average molecular weight is 292 g/mol. The highest BCUT2D eigenvalue weighted by molar-refractivity contribution is 5.69. The fourth-order valence-corrected chi connectivity index (χ4v) is 3.35. The summed E-state index contributed by atoms with van der Waals surface area (Å²) in [6, 6.07) is 5.40. The first kappa shape index (κ1) is 16.0. The van der Waals surface area contributed by atoms with Crippen LogP contribution in [-0.4, -0.2) is 12.6 Å². The van der Waals surface area contributed by atoms with Crippen LogP contribution in [0.25, 0.3) is 0 Å². The number of carbonyl (C=O) groups is 1. The van der Waals surface area contributed by atoms with Crippen LogP contribution in [0.4, 0.5) is 4.39 Å². The minimum atomic E-state index is -0.142. The van der Waals surface area contributed by atoms with E-state index in [2.05, 4.69) is 6.07 Å². The molecule has 21 heavy (non-hydrogen) atoms. The van der Waals surface area contributed by atoms with Gasteiger partial charge in [-0.3, -0.25) is 4.79 Å². The summed E-state index contributed by atoms with van der Waals surface area (Å²) in [6.07, 6.45) is 5.58. The highest BCUT2D eigenvalue weighted by atomic mass is 19.1. The van der Waals surface area contributed by atoms with E-state index in [0.29, 0.717) is 24.9 Å². The molecule has 1 aliphatic rings. The van der Waals surface area contributed by atoms with Crippen molar-refractivity contribution in [3.05, 3.63) is 35.1 Å². The zero-order chi connectivity index (χ0) is 15.2. The van der Waals surface area contributed by atoms with Crippen molar-refractivity contribution in [2.75, 3.05) is 6.61 Å². The molecule has 2 nitrogen and oxygen atoms in total. The van der Waals surface area contributed by atoms with Crippen molar-refractivity contribution in [3.8, 4) is 0 Å². The number of carbonyl (C=O) groups excluding carboxylic acids is 1. The summed E-state index contributed by atoms with van der Waals surface area (Å²) >= 11 is 0. The van der Waals surface area contributed by atoms with E-state index in [0.717, 1.165) is 43.2 Å². The minimum absolute atomic E-state index is 0.100. The topological polar surface area (TPSA) is 26.3 Å². The van der Waals surface area contributed by atoms with Crippen LogP contribution in [0.2, 0.25) is 0 Å². The molecule has 0 unspecified atom stereocenters. The average Bonchev–Trinajstić information content (AvgIpc) is 2.47. The Hall–Kier alpha value is -1.38. The second-order valence-corrected chi connectivity index (χ2v) is 5.99. The zero-order valence-corrected chi connectivity index (χ0v) is 13.0. The van der Waals surface area contributed by atoms with Gasteiger partial charge in [0, 0.05) is 6.42 Å². The van der Waals surface area contributed by atoms with E-state index in [1.54, 1.807) is 12.1 Å². The highest BCUT2D eigenvalue weighted by Crippen LogP contribution is 2.38. The molecular formula is C18H25FO2. The van der Waals surface area contributed by atoms with Crippen LogP contribution in [0, 0.1) is 11.7 Å². The number of hydrogen-bond acceptors (Lipinski definition) is 2. The molecule has 116 valence electrons. The maximum absolute atomic E-state index is 13.7. The van der Waals surface area contributed by atoms with Gasteiger partial charge in [0.05, 0.1) is 6.61 Å². The zero-order valence-electron chi connectivity index (χ0n) is 13.0. The second kappa shape index (κ2) is 7.58. The Bertz CT molecular complexity index is 484. The van der Waals surface area contributed by atoms with Gasteiger partial charge in [-0.15, -0.1) is 0 Å². The Balaban J connectivity index is 2.03. The molecule has 1 aromatic carbocycles. The second-order valence-electron chi connectivity index (χ2n) is 5.99. The lowest BCUT2D eigenvalue weighted by molar-refractivity contribution is -0.144. The van der Waals surface area contributed by atoms with E-state index >= 15 is 0 Å². The maximum atomic E-state index is 13.7. The lowest BCUT2D eigenvalue weighted by Crippen LogP contribution is -2.19. The molecule has 0 aliphatic heterocycles. The van der Waals surface area contributed by atoms with E-state index in [9.17, 15) is 9.18 Å². The van der Waals surface area contributed by atoms with Crippen molar-refractivity contribution < 1.29 is 13.9 Å². The first-order valence-electron chi connectivity index (χ1n) is 8.07. The SMILES string of the molecule is CCOC(=O)C[C@@H]1CCC[C@H](c2cc(F)cc(CC)c2)C1. The molecule has 1 fully saturated rings. The van der Waals surface area contributed by atoms with Crippen molar-refractivity contribution in [1.29, 1.82) is 0 Å². The van der Waals surface area contributed by atoms with Crippen molar-refractivity contribution in [2.24, 2.45) is 5.92 Å². The van der Waals surface area contributed by atoms with E-state index in [1.807, 2.05) is 13.8 Å². The fourth-order valence-electron chi connectivity index (χ4n) is 3.35. The third-order valence-electron chi connectivity index (χ3n) is 4.40. The Kier molecular flexibility index (Phi) is 5.77. The standard InChI is InChI=1S/C18H25FO2/c1-3-13-8-16(12-17(19)10-13)15-7-5-6-14(9-15)11-18(20)21-4-2/h8,10,12,14-15H,3-7,9,11H2,1-2H3/t14-,15+/m1/s1. The van der Waals surface area contributed by atoms with E-state index in [4.69, 9.17) is 4.74 Å². The number of esters is 1. The molecule has 1 aliphatic carbocycles. The Morgan fingerprint density at radius 3 is 2.81 bits per heavy atom. The van der Waals surface area contributed by atoms with E-state index < -0.39 is 0 Å². The molecule has 1 aromatic rings. The summed E-state index contributed by atoms with van der Waals surface area (Å²) in [5.74, 6) is 0.504. The highest BCUT2D eigenvalue weighted by Gasteiger charge is 2.25. The van der Waals surface area contributed by atoms with Gasteiger partial charge in [0.15, 0.2) is 0 Å². The van der Waals surface area contributed by atoms with E-state index in [-0.39, 0.29) is 11.8 Å². The van der Waals surface area contributed by atoms with Crippen LogP contribution in [0.15, 0.2) is 18.2 Å². The predicted molar refractivity (Wildman–Crippen MR) is 81.7 cm³/mol. The van der Waals surface area contributed by atoms with Gasteiger partial charge >= 0.3 is 5.97 Å². The number of halogens is 1. The molecule has 0 saturated heterocycles. The summed E-state index contributed by atoms with van der Waals surface area (Å²) in [5, 5.41) is 0. The molecule has 0 N–H and O–H groups in total. The van der Waals surface area contributed by atoms with Gasteiger partial charge in [-0.05, 0) is 67.7 Å². The van der Waals surface area contributed by atoms with Crippen LogP contribution in [0.5, 0.6) is 0 Å². The Labute approximate surface area is 126 Å². The third kappa shape index (κ3) is 4.55. The lowest BCUT2D eigenvalue weighted by atomic mass is 9.76. The van der Waals surface area contributed by atoms with Crippen molar-refractivity contribution in [1.82, 2.24) is 0 Å². The number of aryl methyl sites for hydroxylation is 1. The van der Waals surface area contributed by atoms with Gasteiger partial charge in [0.2, 0.25) is 0 Å². The Morgan fingerprint density at radius 1 is 1.29 bits per heavy atom. The molecule has 0 aromatic heterocycles. The third-order valence-corrected chi connectivity index (χ3v) is 4.40. The van der Waals surface area contributed by atoms with Crippen molar-refractivity contribution >= 4 is 5.97 Å². The van der Waals surface area contributed by atoms with Crippen molar-refractivity contribution in [3.63, 3.8) is 0 Å². The fraction of sp³-hybridized carbons (Fsp3) is 0.611. The molecule has 0 amide bonds. The molecule has 2 rings (SSSR count). The smallest absolute Gasteiger partial charge is 0.306 e. The number of ether oxygens (including phenoxy) is 1. The molecular weight excluding hydrogens is 267 g/mol. The summed E-state index contributed by atoms with van der Waals surface area (Å²) < 4.78 is 18.7. The first-order chi connectivity index (χ1) is 10.1. The minimum Gasteiger partial charge on any atom is -0.466 e. The maximum Gasteiger partial charge on any atom is 0.306 e. The Morgan fingerprint density at radius 2 is 2.10 bits per heavy atom. The van der Waals surface area contributed by atoms with Gasteiger partial charge in [0.25, 0.3) is 0 Å². The first-order valence-corrected chi connectivity index (χ1v) is 8.07. The summed E-state index contributed by atoms with van der Waals surface area (Å²) in [5.41, 5.74) is 2.15. The molecule has 3 heteroatoms. The van der Waals surface area contributed by atoms with Crippen LogP contribution in [-0.2, 0) is 16.0 Å². The molecule has 0 radical (unpaired) electrons. The molecule has 0 spiro atoms. The predicted octanol–water partition coefficient (Wildman–Crippen LogP) is 4.62. The normalized spacial score (nSPS) is 22.0. The molecule has 0 heterocycles. The molecule has 2 atom stereocenters. The molecule has 0 bridgehead atoms. The van der Waals surface area contributed by atoms with Gasteiger partial charge in [-0.25, -0.2) is 4.39 Å². The summed E-state index contributed by atoms with van der Waals surface area (Å²) in [4.78, 5) is 11.6. The molecule has 1 saturated carbocycles. The number of rotatable bonds is 5. The largest absolute Gasteiger partial charge is 0.466 e. The van der Waals surface area contributed by atoms with Gasteiger partial charge in [-0.1, -0.05) is 19.4 Å². The summed E-state index contributed by atoms with van der Waals surface area (Å²) in [6.45, 7) is 4.32. The van der Waals surface area contributed by atoms with Crippen LogP contribution < -0.4 is 0 Å². The monoisotopic (exact) mass is 292 g/mol. The van der Waals surface area contributed by atoms with Gasteiger partial charge < -0.3 is 4.74 Å². The lowest BCUT2D eigenvalue weighted by Gasteiger charge is -2.29. The number of hydrogen-bond donors (Lipinski definition) is 0. The van der Waals surface area contributed by atoms with Gasteiger partial charge in [-0.2, -0.15) is 0 Å². The van der Waals surface area contributed by atoms with Gasteiger partial charge in [0.1, 0.15) is 5.82 Å². The quantitative estimate of drug-likeness (QED) is 0.740. The van der Waals surface area contributed by atoms with E-state index in [1.165, 1.54) is 0 Å². The summed E-state index contributed by atoms with van der Waals surface area (Å²) in [7, 11) is 0. The van der Waals surface area contributed by atoms with Crippen LogP contribution in [0.3, 0.4) is 0 Å². The number of benzene rings is 1. The van der Waals surface area contributed by atoms with Crippen LogP contribution >= 0.6 is 0 Å². The van der Waals surface area contributed by atoms with Crippen LogP contribution in [0.1, 0.15) is 63.0 Å².